The molecule has 1 aliphatic heterocycles. The molecule has 2 unspecified atom stereocenters. The SMILES string of the molecule is CCC1(c2cccc(NS(C)(=O)=O)c2)C2CN(CCCc3ccccc3)CC21. The second kappa shape index (κ2) is 7.53. The van der Waals surface area contributed by atoms with Crippen molar-refractivity contribution >= 4 is 15.7 Å². The van der Waals surface area contributed by atoms with Crippen LogP contribution in [0.15, 0.2) is 54.6 Å². The maximum absolute atomic E-state index is 11.6. The minimum atomic E-state index is -3.24. The van der Waals surface area contributed by atoms with E-state index in [0.29, 0.717) is 17.5 Å². The zero-order valence-corrected chi connectivity index (χ0v) is 17.6. The fourth-order valence-corrected chi connectivity index (χ4v) is 5.95. The Morgan fingerprint density at radius 2 is 1.79 bits per heavy atom. The van der Waals surface area contributed by atoms with E-state index < -0.39 is 10.0 Å². The van der Waals surface area contributed by atoms with Gasteiger partial charge in [-0.3, -0.25) is 4.72 Å². The number of piperidine rings is 1. The van der Waals surface area contributed by atoms with E-state index in [1.165, 1.54) is 23.8 Å². The van der Waals surface area contributed by atoms with Crippen LogP contribution in [0.5, 0.6) is 0 Å². The van der Waals surface area contributed by atoms with Crippen LogP contribution in [-0.2, 0) is 21.9 Å². The lowest BCUT2D eigenvalue weighted by Crippen LogP contribution is -2.31. The van der Waals surface area contributed by atoms with Gasteiger partial charge in [0.05, 0.1) is 6.26 Å². The molecule has 0 amide bonds. The number of hydrogen-bond acceptors (Lipinski definition) is 3. The number of benzene rings is 2. The van der Waals surface area contributed by atoms with Gasteiger partial charge in [0.2, 0.25) is 10.0 Å². The second-order valence-corrected chi connectivity index (χ2v) is 10.2. The van der Waals surface area contributed by atoms with Gasteiger partial charge in [0.15, 0.2) is 0 Å². The number of fused-ring (bicyclic) bond motifs is 1. The monoisotopic (exact) mass is 398 g/mol. The van der Waals surface area contributed by atoms with E-state index in [9.17, 15) is 8.42 Å². The Balaban J connectivity index is 1.37. The summed E-state index contributed by atoms with van der Waals surface area (Å²) in [4.78, 5) is 2.62. The first-order valence-electron chi connectivity index (χ1n) is 10.3. The van der Waals surface area contributed by atoms with Gasteiger partial charge in [-0.15, -0.1) is 0 Å². The third kappa shape index (κ3) is 3.83. The molecule has 1 saturated heterocycles. The molecule has 28 heavy (non-hydrogen) atoms. The molecule has 1 aliphatic carbocycles. The normalized spacial score (nSPS) is 26.8. The second-order valence-electron chi connectivity index (χ2n) is 8.41. The molecule has 2 aliphatic rings. The summed E-state index contributed by atoms with van der Waals surface area (Å²) in [6, 6.07) is 18.8. The number of rotatable bonds is 8. The van der Waals surface area contributed by atoms with Crippen LogP contribution < -0.4 is 4.72 Å². The van der Waals surface area contributed by atoms with E-state index in [1.54, 1.807) is 0 Å². The first-order chi connectivity index (χ1) is 13.4. The summed E-state index contributed by atoms with van der Waals surface area (Å²) in [5.74, 6) is 1.39. The van der Waals surface area contributed by atoms with Gasteiger partial charge < -0.3 is 4.90 Å². The molecule has 4 rings (SSSR count). The molecule has 2 fully saturated rings. The van der Waals surface area contributed by atoms with Gasteiger partial charge >= 0.3 is 0 Å². The number of aryl methyl sites for hydroxylation is 1. The molecule has 0 radical (unpaired) electrons. The summed E-state index contributed by atoms with van der Waals surface area (Å²) in [6.07, 6.45) is 4.66. The molecule has 4 nitrogen and oxygen atoms in total. The number of likely N-dealkylation sites (tertiary alicyclic amines) is 1. The lowest BCUT2D eigenvalue weighted by atomic mass is 9.87. The zero-order valence-electron chi connectivity index (χ0n) is 16.8. The Morgan fingerprint density at radius 1 is 1.07 bits per heavy atom. The van der Waals surface area contributed by atoms with Crippen molar-refractivity contribution in [3.05, 3.63) is 65.7 Å². The maximum Gasteiger partial charge on any atom is 0.229 e. The average molecular weight is 399 g/mol. The fourth-order valence-electron chi connectivity index (χ4n) is 5.39. The van der Waals surface area contributed by atoms with Gasteiger partial charge in [-0.2, -0.15) is 0 Å². The van der Waals surface area contributed by atoms with Crippen LogP contribution >= 0.6 is 0 Å². The number of nitrogens with one attached hydrogen (secondary N) is 1. The minimum Gasteiger partial charge on any atom is -0.303 e. The van der Waals surface area contributed by atoms with Crippen LogP contribution in [0, 0.1) is 11.8 Å². The summed E-state index contributed by atoms with van der Waals surface area (Å²) in [6.45, 7) is 5.76. The van der Waals surface area contributed by atoms with Crippen molar-refractivity contribution in [3.63, 3.8) is 0 Å². The van der Waals surface area contributed by atoms with Crippen LogP contribution in [0.25, 0.3) is 0 Å². The molecule has 1 heterocycles. The van der Waals surface area contributed by atoms with Gasteiger partial charge in [-0.05, 0) is 60.9 Å². The summed E-state index contributed by atoms with van der Waals surface area (Å²) in [5.41, 5.74) is 3.62. The molecule has 0 spiro atoms. The molecule has 0 bridgehead atoms. The highest BCUT2D eigenvalue weighted by Crippen LogP contribution is 2.65. The molecule has 150 valence electrons. The lowest BCUT2D eigenvalue weighted by molar-refractivity contribution is 0.266. The highest BCUT2D eigenvalue weighted by molar-refractivity contribution is 7.92. The quantitative estimate of drug-likeness (QED) is 0.734. The molecular formula is C23H30N2O2S. The molecule has 5 heteroatoms. The van der Waals surface area contributed by atoms with E-state index in [2.05, 4.69) is 52.9 Å². The minimum absolute atomic E-state index is 0.227. The Kier molecular flexibility index (Phi) is 5.23. The molecule has 2 aromatic rings. The van der Waals surface area contributed by atoms with E-state index >= 15 is 0 Å². The topological polar surface area (TPSA) is 49.4 Å². The Bertz CT molecular complexity index is 915. The van der Waals surface area contributed by atoms with Crippen LogP contribution in [0.4, 0.5) is 5.69 Å². The van der Waals surface area contributed by atoms with Gasteiger partial charge in [-0.25, -0.2) is 8.42 Å². The molecule has 1 N–H and O–H groups in total. The Labute approximate surface area is 169 Å². The van der Waals surface area contributed by atoms with Crippen molar-refractivity contribution < 1.29 is 8.42 Å². The van der Waals surface area contributed by atoms with Crippen molar-refractivity contribution in [2.75, 3.05) is 30.6 Å². The predicted molar refractivity (Wildman–Crippen MR) is 115 cm³/mol. The van der Waals surface area contributed by atoms with Crippen LogP contribution in [0.1, 0.15) is 30.9 Å². The predicted octanol–water partition coefficient (Wildman–Crippen LogP) is 3.90. The summed E-state index contributed by atoms with van der Waals surface area (Å²) in [7, 11) is -3.24. The third-order valence-corrected chi connectivity index (χ3v) is 7.29. The van der Waals surface area contributed by atoms with Crippen molar-refractivity contribution in [2.45, 2.75) is 31.6 Å². The van der Waals surface area contributed by atoms with Crippen molar-refractivity contribution in [1.29, 1.82) is 0 Å². The number of nitrogens with zero attached hydrogens (tertiary/aromatic N) is 1. The third-order valence-electron chi connectivity index (χ3n) is 6.68. The first kappa shape index (κ1) is 19.5. The van der Waals surface area contributed by atoms with Gasteiger partial charge in [-0.1, -0.05) is 49.4 Å². The standard InChI is InChI=1S/C23H30N2O2S/c1-3-23(19-12-7-13-20(15-19)24-28(2,26)27)21-16-25(17-22(21)23)14-8-11-18-9-5-4-6-10-18/h4-7,9-10,12-13,15,21-22,24H,3,8,11,14,16-17H2,1-2H3. The van der Waals surface area contributed by atoms with Crippen LogP contribution in [0.2, 0.25) is 0 Å². The Hall–Kier alpha value is -1.85. The van der Waals surface area contributed by atoms with Crippen molar-refractivity contribution in [1.82, 2.24) is 4.90 Å². The summed E-state index contributed by atoms with van der Waals surface area (Å²) >= 11 is 0. The van der Waals surface area contributed by atoms with Crippen molar-refractivity contribution in [3.8, 4) is 0 Å². The van der Waals surface area contributed by atoms with Crippen LogP contribution in [-0.4, -0.2) is 39.2 Å². The van der Waals surface area contributed by atoms with Gasteiger partial charge in [0, 0.05) is 24.2 Å². The van der Waals surface area contributed by atoms with E-state index in [0.717, 1.165) is 32.5 Å². The molecule has 0 aromatic heterocycles. The van der Waals surface area contributed by atoms with Crippen LogP contribution in [0.3, 0.4) is 0 Å². The van der Waals surface area contributed by atoms with E-state index in [1.807, 2.05) is 18.2 Å². The molecular weight excluding hydrogens is 368 g/mol. The molecule has 1 saturated carbocycles. The highest BCUT2D eigenvalue weighted by Gasteiger charge is 2.67. The summed E-state index contributed by atoms with van der Waals surface area (Å²) < 4.78 is 25.8. The van der Waals surface area contributed by atoms with E-state index in [-0.39, 0.29) is 5.41 Å². The number of anilines is 1. The maximum atomic E-state index is 11.6. The van der Waals surface area contributed by atoms with Gasteiger partial charge in [0.1, 0.15) is 0 Å². The fraction of sp³-hybridized carbons (Fsp3) is 0.478. The summed E-state index contributed by atoms with van der Waals surface area (Å²) in [5, 5.41) is 0. The smallest absolute Gasteiger partial charge is 0.229 e. The Morgan fingerprint density at radius 3 is 2.43 bits per heavy atom. The number of sulfonamides is 1. The highest BCUT2D eigenvalue weighted by atomic mass is 32.2. The largest absolute Gasteiger partial charge is 0.303 e. The lowest BCUT2D eigenvalue weighted by Gasteiger charge is -2.27. The van der Waals surface area contributed by atoms with Gasteiger partial charge in [0.25, 0.3) is 0 Å². The zero-order chi connectivity index (χ0) is 19.8. The average Bonchev–Trinajstić information content (AvgIpc) is 3.04. The van der Waals surface area contributed by atoms with Crippen molar-refractivity contribution in [2.24, 2.45) is 11.8 Å². The van der Waals surface area contributed by atoms with E-state index in [4.69, 9.17) is 0 Å². The first-order valence-corrected chi connectivity index (χ1v) is 12.2. The molecule has 2 aromatic carbocycles. The number of hydrogen-bond donors (Lipinski definition) is 1. The molecule has 2 atom stereocenters.